The van der Waals surface area contributed by atoms with Crippen LogP contribution in [0.2, 0.25) is 0 Å². The molecule has 2 aliphatic rings. The molecule has 2 unspecified atom stereocenters. The normalized spacial score (nSPS) is 33.2. The van der Waals surface area contributed by atoms with Crippen molar-refractivity contribution >= 4 is 39.5 Å². The Morgan fingerprint density at radius 2 is 1.47 bits per heavy atom. The molecule has 0 spiro atoms. The monoisotopic (exact) mass is 490 g/mol. The Bertz CT molecular complexity index is 657. The van der Waals surface area contributed by atoms with Gasteiger partial charge in [0.1, 0.15) is 24.7 Å². The maximum Gasteiger partial charge on any atom is 0.319 e. The summed E-state index contributed by atoms with van der Waals surface area (Å²) in [5.74, 6) is -0.558. The molecule has 0 saturated carbocycles. The standard InChI is InChI=1S/C15H28N2O10P2S/c1-8(18)16-14-4-10(12(24-14)6-22-3)26-28(20)23-7-13-11(27-29(21)30)5-15(25-13)17-9(2)19/h10-15,28-29H,4-7H2,1-3H3,(H,16,18)(H,17,19)(H,21,30)/t10-,11-,12+,13+,14+,15+/m0/s1. The predicted octanol–water partition coefficient (Wildman–Crippen LogP) is 0.631. The summed E-state index contributed by atoms with van der Waals surface area (Å²) in [5.41, 5.74) is 0. The Morgan fingerprint density at radius 3 is 1.93 bits per heavy atom. The summed E-state index contributed by atoms with van der Waals surface area (Å²) >= 11 is 3.77. The van der Waals surface area contributed by atoms with Crippen LogP contribution in [0.15, 0.2) is 0 Å². The lowest BCUT2D eigenvalue weighted by molar-refractivity contribution is -0.124. The zero-order chi connectivity index (χ0) is 22.3. The van der Waals surface area contributed by atoms with Crippen LogP contribution in [0.5, 0.6) is 0 Å². The first kappa shape index (κ1) is 25.8. The fourth-order valence-corrected chi connectivity index (χ4v) is 4.99. The highest BCUT2D eigenvalue weighted by atomic mass is 32.7. The maximum absolute atomic E-state index is 12.3. The molecule has 0 bridgehead atoms. The fourth-order valence-electron chi connectivity index (χ4n) is 3.22. The average molecular weight is 490 g/mol. The highest BCUT2D eigenvalue weighted by Gasteiger charge is 2.40. The molecule has 2 amide bonds. The van der Waals surface area contributed by atoms with Crippen LogP contribution in [-0.4, -0.2) is 69.0 Å². The summed E-state index contributed by atoms with van der Waals surface area (Å²) in [6, 6.07) is 0. The van der Waals surface area contributed by atoms with E-state index in [9.17, 15) is 18.7 Å². The summed E-state index contributed by atoms with van der Waals surface area (Å²) < 4.78 is 56.1. The highest BCUT2D eigenvalue weighted by molar-refractivity contribution is 8.39. The zero-order valence-corrected chi connectivity index (χ0v) is 19.7. The lowest BCUT2D eigenvalue weighted by atomic mass is 10.2. The second kappa shape index (κ2) is 12.5. The molecule has 2 N–H and O–H groups in total. The van der Waals surface area contributed by atoms with Crippen molar-refractivity contribution in [2.24, 2.45) is 0 Å². The quantitative estimate of drug-likeness (QED) is 0.278. The highest BCUT2D eigenvalue weighted by Crippen LogP contribution is 2.38. The second-order valence-corrected chi connectivity index (χ2v) is 9.68. The van der Waals surface area contributed by atoms with Crippen LogP contribution in [0.3, 0.4) is 0 Å². The molecule has 0 aromatic carbocycles. The van der Waals surface area contributed by atoms with Gasteiger partial charge in [-0.25, -0.2) is 0 Å². The van der Waals surface area contributed by atoms with Crippen molar-refractivity contribution in [3.63, 3.8) is 0 Å². The average Bonchev–Trinajstić information content (AvgIpc) is 3.15. The molecule has 2 fully saturated rings. The molecule has 30 heavy (non-hydrogen) atoms. The Labute approximate surface area is 181 Å². The molecule has 15 heteroatoms. The van der Waals surface area contributed by atoms with Gasteiger partial charge in [0.2, 0.25) is 19.0 Å². The van der Waals surface area contributed by atoms with Crippen LogP contribution >= 0.6 is 27.7 Å². The number of hydrogen-bond donors (Lipinski definition) is 3. The summed E-state index contributed by atoms with van der Waals surface area (Å²) in [6.07, 6.45) is -3.20. The van der Waals surface area contributed by atoms with Crippen molar-refractivity contribution in [2.45, 2.75) is 63.6 Å². The third kappa shape index (κ3) is 8.57. The molecule has 8 atom stereocenters. The van der Waals surface area contributed by atoms with Gasteiger partial charge in [-0.15, -0.1) is 0 Å². The summed E-state index contributed by atoms with van der Waals surface area (Å²) in [6.45, 7) is 2.72. The molecule has 0 aliphatic carbocycles. The van der Waals surface area contributed by atoms with E-state index >= 15 is 0 Å². The van der Waals surface area contributed by atoms with Crippen LogP contribution < -0.4 is 10.6 Å². The largest absolute Gasteiger partial charge is 0.382 e. The van der Waals surface area contributed by atoms with Crippen LogP contribution in [0, 0.1) is 0 Å². The van der Waals surface area contributed by atoms with Crippen molar-refractivity contribution in [2.75, 3.05) is 20.3 Å². The van der Waals surface area contributed by atoms with Crippen molar-refractivity contribution < 1.29 is 46.5 Å². The number of ether oxygens (including phenoxy) is 3. The van der Waals surface area contributed by atoms with Gasteiger partial charge in [-0.3, -0.25) is 18.7 Å². The molecule has 12 nitrogen and oxygen atoms in total. The summed E-state index contributed by atoms with van der Waals surface area (Å²) in [5, 5.41) is 5.20. The third-order valence-electron chi connectivity index (χ3n) is 4.32. The van der Waals surface area contributed by atoms with E-state index in [0.29, 0.717) is 0 Å². The minimum atomic E-state index is -2.96. The van der Waals surface area contributed by atoms with Gasteiger partial charge in [0, 0.05) is 33.8 Å². The van der Waals surface area contributed by atoms with Gasteiger partial charge in [-0.2, -0.15) is 0 Å². The number of rotatable bonds is 11. The van der Waals surface area contributed by atoms with Gasteiger partial charge in [0.05, 0.1) is 25.4 Å². The second-order valence-electron chi connectivity index (χ2n) is 6.79. The van der Waals surface area contributed by atoms with Crippen molar-refractivity contribution in [1.29, 1.82) is 0 Å². The summed E-state index contributed by atoms with van der Waals surface area (Å²) in [7, 11) is -4.03. The van der Waals surface area contributed by atoms with Crippen molar-refractivity contribution in [3.05, 3.63) is 0 Å². The van der Waals surface area contributed by atoms with E-state index in [1.54, 1.807) is 0 Å². The molecule has 2 heterocycles. The first-order chi connectivity index (χ1) is 14.2. The predicted molar refractivity (Wildman–Crippen MR) is 109 cm³/mol. The molecule has 2 aliphatic heterocycles. The number of thiol groups is 1. The minimum Gasteiger partial charge on any atom is -0.382 e. The van der Waals surface area contributed by atoms with Gasteiger partial charge in [-0.1, -0.05) is 12.2 Å². The number of hydrogen-bond acceptors (Lipinski definition) is 10. The van der Waals surface area contributed by atoms with Gasteiger partial charge < -0.3 is 38.4 Å². The van der Waals surface area contributed by atoms with E-state index in [4.69, 9.17) is 27.8 Å². The number of amides is 2. The fraction of sp³-hybridized carbons (Fsp3) is 0.867. The summed E-state index contributed by atoms with van der Waals surface area (Å²) in [4.78, 5) is 22.4. The number of nitrogens with one attached hydrogen (secondary N) is 2. The minimum absolute atomic E-state index is 0.168. The Balaban J connectivity index is 1.87. The van der Waals surface area contributed by atoms with Gasteiger partial charge in [-0.05, 0) is 0 Å². The molecular formula is C15H28N2O10P2S. The molecule has 2 rings (SSSR count). The first-order valence-electron chi connectivity index (χ1n) is 9.25. The first-order valence-corrected chi connectivity index (χ1v) is 13.1. The van der Waals surface area contributed by atoms with Crippen LogP contribution in [-0.2, 0) is 46.5 Å². The van der Waals surface area contributed by atoms with Crippen molar-refractivity contribution in [3.8, 4) is 0 Å². The van der Waals surface area contributed by atoms with Crippen LogP contribution in [0.1, 0.15) is 26.7 Å². The van der Waals surface area contributed by atoms with Crippen molar-refractivity contribution in [1.82, 2.24) is 10.6 Å². The molecule has 0 aromatic heterocycles. The van der Waals surface area contributed by atoms with E-state index in [0.717, 1.165) is 0 Å². The molecule has 174 valence electrons. The van der Waals surface area contributed by atoms with Gasteiger partial charge in [0.25, 0.3) is 0 Å². The third-order valence-corrected chi connectivity index (χ3v) is 6.04. The number of carbonyl (C=O) groups is 2. The Morgan fingerprint density at radius 1 is 0.967 bits per heavy atom. The van der Waals surface area contributed by atoms with Crippen LogP contribution in [0.25, 0.3) is 0 Å². The van der Waals surface area contributed by atoms with E-state index in [1.807, 2.05) is 0 Å². The lowest BCUT2D eigenvalue weighted by Crippen LogP contribution is -2.33. The SMILES string of the molecule is COC[C@H]1O[C@@H](NC(C)=O)C[C@@H]1O[PH](=O)OC[C@H]1O[C@@H](NC(C)=O)C[C@@H]1O[PH](=O)S. The Hall–Kier alpha value is -0.490. The number of methoxy groups -OCH3 is 1. The van der Waals surface area contributed by atoms with E-state index in [-0.39, 0.29) is 37.9 Å². The van der Waals surface area contributed by atoms with E-state index in [1.165, 1.54) is 21.0 Å². The van der Waals surface area contributed by atoms with E-state index < -0.39 is 52.4 Å². The smallest absolute Gasteiger partial charge is 0.319 e. The topological polar surface area (TPSA) is 148 Å². The zero-order valence-electron chi connectivity index (χ0n) is 16.8. The number of carbonyl (C=O) groups excluding carboxylic acids is 2. The van der Waals surface area contributed by atoms with Gasteiger partial charge in [0.15, 0.2) is 0 Å². The van der Waals surface area contributed by atoms with Gasteiger partial charge >= 0.3 is 8.25 Å². The Kier molecular flexibility index (Phi) is 10.8. The van der Waals surface area contributed by atoms with E-state index in [2.05, 4.69) is 22.9 Å². The lowest BCUT2D eigenvalue weighted by Gasteiger charge is -2.20. The molecule has 2 saturated heterocycles. The maximum atomic E-state index is 12.3. The molecule has 0 radical (unpaired) electrons. The molecule has 0 aromatic rings. The van der Waals surface area contributed by atoms with Crippen LogP contribution in [0.4, 0.5) is 0 Å². The molecular weight excluding hydrogens is 462 g/mol.